The summed E-state index contributed by atoms with van der Waals surface area (Å²) < 4.78 is 0. The molecule has 0 bridgehead atoms. The molecular weight excluding hydrogens is 406 g/mol. The van der Waals surface area contributed by atoms with Crippen LogP contribution in [0.3, 0.4) is 0 Å². The molecule has 1 unspecified atom stereocenters. The molecule has 0 saturated carbocycles. The highest BCUT2D eigenvalue weighted by Crippen LogP contribution is 2.17. The first-order chi connectivity index (χ1) is 15.5. The molecule has 0 aromatic heterocycles. The normalized spacial score (nSPS) is 17.0. The molecular formula is C25H27N3O4. The van der Waals surface area contributed by atoms with Crippen molar-refractivity contribution in [1.82, 2.24) is 15.1 Å². The molecule has 4 amide bonds. The number of hydrogen-bond donors (Lipinski definition) is 1. The van der Waals surface area contributed by atoms with Crippen LogP contribution < -0.4 is 5.32 Å². The number of nitrogens with zero attached hydrogens (tertiary/aromatic N) is 2. The highest BCUT2D eigenvalue weighted by atomic mass is 16.2. The molecule has 2 aliphatic rings. The number of carbonyl (C=O) groups is 4. The van der Waals surface area contributed by atoms with Gasteiger partial charge in [0.1, 0.15) is 6.04 Å². The van der Waals surface area contributed by atoms with Gasteiger partial charge in [0.2, 0.25) is 17.7 Å². The van der Waals surface area contributed by atoms with Gasteiger partial charge >= 0.3 is 0 Å². The standard InChI is InChI=1S/C25H27N3O4/c29-22-12-13-23(30)28(22)17-19-8-10-20(11-9-19)24(31)26-21(16-18-6-2-1-3-7-18)25(32)27-14-4-5-15-27/h1-3,6-11,21H,4-5,12-17H2,(H,26,31). The number of benzene rings is 2. The highest BCUT2D eigenvalue weighted by Gasteiger charge is 2.30. The van der Waals surface area contributed by atoms with Crippen LogP contribution in [0.15, 0.2) is 54.6 Å². The first kappa shape index (κ1) is 21.7. The fourth-order valence-corrected chi connectivity index (χ4v) is 4.19. The molecule has 0 spiro atoms. The van der Waals surface area contributed by atoms with Crippen LogP contribution in [0.25, 0.3) is 0 Å². The van der Waals surface area contributed by atoms with Gasteiger partial charge in [0.05, 0.1) is 6.54 Å². The van der Waals surface area contributed by atoms with Crippen molar-refractivity contribution in [2.75, 3.05) is 13.1 Å². The molecule has 2 aliphatic heterocycles. The number of imide groups is 1. The van der Waals surface area contributed by atoms with E-state index in [9.17, 15) is 19.2 Å². The lowest BCUT2D eigenvalue weighted by Crippen LogP contribution is -2.49. The van der Waals surface area contributed by atoms with Gasteiger partial charge < -0.3 is 10.2 Å². The van der Waals surface area contributed by atoms with Gasteiger partial charge in [-0.2, -0.15) is 0 Å². The van der Waals surface area contributed by atoms with E-state index >= 15 is 0 Å². The molecule has 2 aromatic rings. The average molecular weight is 434 g/mol. The second kappa shape index (κ2) is 9.77. The minimum absolute atomic E-state index is 0.0534. The predicted octanol–water partition coefficient (Wildman–Crippen LogP) is 2.30. The van der Waals surface area contributed by atoms with Crippen LogP contribution in [0, 0.1) is 0 Å². The molecule has 2 saturated heterocycles. The zero-order chi connectivity index (χ0) is 22.5. The Labute approximate surface area is 187 Å². The molecule has 7 nitrogen and oxygen atoms in total. The minimum Gasteiger partial charge on any atom is -0.341 e. The van der Waals surface area contributed by atoms with Crippen LogP contribution in [-0.4, -0.2) is 52.6 Å². The van der Waals surface area contributed by atoms with Crippen LogP contribution in [0.4, 0.5) is 0 Å². The molecule has 32 heavy (non-hydrogen) atoms. The molecule has 2 fully saturated rings. The van der Waals surface area contributed by atoms with Gasteiger partial charge in [-0.15, -0.1) is 0 Å². The van der Waals surface area contributed by atoms with Crippen molar-refractivity contribution in [3.05, 3.63) is 71.3 Å². The molecule has 4 rings (SSSR count). The van der Waals surface area contributed by atoms with E-state index in [2.05, 4.69) is 5.32 Å². The SMILES string of the molecule is O=C(NC(Cc1ccccc1)C(=O)N1CCCC1)c1ccc(CN2C(=O)CCC2=O)cc1. The number of amides is 4. The van der Waals surface area contributed by atoms with Crippen LogP contribution in [0.1, 0.15) is 47.2 Å². The summed E-state index contributed by atoms with van der Waals surface area (Å²) in [7, 11) is 0. The van der Waals surface area contributed by atoms with Gasteiger partial charge in [-0.05, 0) is 36.1 Å². The first-order valence-corrected chi connectivity index (χ1v) is 11.1. The Morgan fingerprint density at radius 1 is 0.844 bits per heavy atom. The van der Waals surface area contributed by atoms with E-state index < -0.39 is 6.04 Å². The molecule has 1 atom stereocenters. The second-order valence-corrected chi connectivity index (χ2v) is 8.32. The van der Waals surface area contributed by atoms with Gasteiger partial charge in [0, 0.05) is 37.9 Å². The summed E-state index contributed by atoms with van der Waals surface area (Å²) in [5, 5.41) is 2.92. The molecule has 7 heteroatoms. The van der Waals surface area contributed by atoms with Crippen molar-refractivity contribution >= 4 is 23.6 Å². The van der Waals surface area contributed by atoms with Gasteiger partial charge in [0.25, 0.3) is 5.91 Å². The fourth-order valence-electron chi connectivity index (χ4n) is 4.19. The molecule has 166 valence electrons. The van der Waals surface area contributed by atoms with Crippen LogP contribution in [-0.2, 0) is 27.3 Å². The predicted molar refractivity (Wildman–Crippen MR) is 118 cm³/mol. The molecule has 2 heterocycles. The molecule has 0 radical (unpaired) electrons. The summed E-state index contributed by atoms with van der Waals surface area (Å²) in [4.78, 5) is 52.7. The Bertz CT molecular complexity index is 982. The maximum Gasteiger partial charge on any atom is 0.251 e. The summed E-state index contributed by atoms with van der Waals surface area (Å²) in [6.45, 7) is 1.66. The third-order valence-electron chi connectivity index (χ3n) is 6.02. The van der Waals surface area contributed by atoms with Crippen LogP contribution in [0.5, 0.6) is 0 Å². The third-order valence-corrected chi connectivity index (χ3v) is 6.02. The Hall–Kier alpha value is -3.48. The van der Waals surface area contributed by atoms with E-state index in [1.807, 2.05) is 35.2 Å². The van der Waals surface area contributed by atoms with Gasteiger partial charge in [0.15, 0.2) is 0 Å². The zero-order valence-corrected chi connectivity index (χ0v) is 18.0. The van der Waals surface area contributed by atoms with E-state index in [0.717, 1.165) is 37.1 Å². The smallest absolute Gasteiger partial charge is 0.251 e. The average Bonchev–Trinajstić information content (AvgIpc) is 3.45. The van der Waals surface area contributed by atoms with Crippen LogP contribution in [0.2, 0.25) is 0 Å². The summed E-state index contributed by atoms with van der Waals surface area (Å²) in [6, 6.07) is 15.8. The van der Waals surface area contributed by atoms with Crippen LogP contribution >= 0.6 is 0 Å². The fraction of sp³-hybridized carbons (Fsp3) is 0.360. The van der Waals surface area contributed by atoms with Crippen molar-refractivity contribution < 1.29 is 19.2 Å². The van der Waals surface area contributed by atoms with Gasteiger partial charge in [-0.1, -0.05) is 42.5 Å². The molecule has 2 aromatic carbocycles. The number of nitrogens with one attached hydrogen (secondary N) is 1. The van der Waals surface area contributed by atoms with E-state index in [4.69, 9.17) is 0 Å². The lowest BCUT2D eigenvalue weighted by atomic mass is 10.0. The quantitative estimate of drug-likeness (QED) is 0.679. The Morgan fingerprint density at radius 2 is 1.47 bits per heavy atom. The van der Waals surface area contributed by atoms with E-state index in [0.29, 0.717) is 12.0 Å². The van der Waals surface area contributed by atoms with E-state index in [1.165, 1.54) is 4.90 Å². The summed E-state index contributed by atoms with van der Waals surface area (Å²) in [5.74, 6) is -0.706. The zero-order valence-electron chi connectivity index (χ0n) is 18.0. The lowest BCUT2D eigenvalue weighted by Gasteiger charge is -2.24. The second-order valence-electron chi connectivity index (χ2n) is 8.32. The minimum atomic E-state index is -0.637. The number of likely N-dealkylation sites (tertiary alicyclic amines) is 2. The summed E-state index contributed by atoms with van der Waals surface area (Å²) >= 11 is 0. The van der Waals surface area contributed by atoms with E-state index in [-0.39, 0.29) is 43.0 Å². The van der Waals surface area contributed by atoms with Crippen molar-refractivity contribution in [3.8, 4) is 0 Å². The number of rotatable bonds is 7. The third kappa shape index (κ3) is 5.04. The summed E-state index contributed by atoms with van der Waals surface area (Å²) in [5.41, 5.74) is 2.19. The van der Waals surface area contributed by atoms with Crippen molar-refractivity contribution in [2.45, 2.75) is 44.7 Å². The summed E-state index contributed by atoms with van der Waals surface area (Å²) in [6.07, 6.45) is 2.92. The van der Waals surface area contributed by atoms with Crippen molar-refractivity contribution in [1.29, 1.82) is 0 Å². The lowest BCUT2D eigenvalue weighted by molar-refractivity contribution is -0.139. The maximum absolute atomic E-state index is 13.1. The molecule has 0 aliphatic carbocycles. The van der Waals surface area contributed by atoms with Crippen molar-refractivity contribution in [3.63, 3.8) is 0 Å². The van der Waals surface area contributed by atoms with Crippen molar-refractivity contribution in [2.24, 2.45) is 0 Å². The number of carbonyl (C=O) groups excluding carboxylic acids is 4. The first-order valence-electron chi connectivity index (χ1n) is 11.1. The van der Waals surface area contributed by atoms with Gasteiger partial charge in [-0.25, -0.2) is 0 Å². The highest BCUT2D eigenvalue weighted by molar-refractivity contribution is 6.02. The number of hydrogen-bond acceptors (Lipinski definition) is 4. The Morgan fingerprint density at radius 3 is 2.09 bits per heavy atom. The monoisotopic (exact) mass is 433 g/mol. The largest absolute Gasteiger partial charge is 0.341 e. The maximum atomic E-state index is 13.1. The van der Waals surface area contributed by atoms with E-state index in [1.54, 1.807) is 24.3 Å². The molecule has 1 N–H and O–H groups in total. The van der Waals surface area contributed by atoms with Gasteiger partial charge in [-0.3, -0.25) is 24.1 Å². The Balaban J connectivity index is 1.44. The topological polar surface area (TPSA) is 86.8 Å². The Kier molecular flexibility index (Phi) is 6.63.